The third kappa shape index (κ3) is 2.87. The van der Waals surface area contributed by atoms with Crippen LogP contribution < -0.4 is 0 Å². The maximum absolute atomic E-state index is 9.19. The summed E-state index contributed by atoms with van der Waals surface area (Å²) in [5.41, 5.74) is 0. The van der Waals surface area contributed by atoms with Crippen LogP contribution >= 0.6 is 0 Å². The Morgan fingerprint density at radius 2 is 2.36 bits per heavy atom. The lowest BCUT2D eigenvalue weighted by Gasteiger charge is -2.18. The summed E-state index contributed by atoms with van der Waals surface area (Å²) in [7, 11) is 0. The molecular formula is C9H15NO. The van der Waals surface area contributed by atoms with Crippen LogP contribution in [0, 0.1) is 5.92 Å². The Hall–Kier alpha value is -0.600. The van der Waals surface area contributed by atoms with Crippen molar-refractivity contribution in [2.24, 2.45) is 5.92 Å². The monoisotopic (exact) mass is 153 g/mol. The van der Waals surface area contributed by atoms with Crippen molar-refractivity contribution >= 4 is 0 Å². The van der Waals surface area contributed by atoms with Gasteiger partial charge in [0.2, 0.25) is 0 Å². The SMILES string of the molecule is CCN(O)CC1C=CC=CC1. The van der Waals surface area contributed by atoms with E-state index in [2.05, 4.69) is 12.2 Å². The first-order valence-electron chi connectivity index (χ1n) is 4.10. The normalized spacial score (nSPS) is 23.0. The van der Waals surface area contributed by atoms with Crippen LogP contribution in [0.2, 0.25) is 0 Å². The highest BCUT2D eigenvalue weighted by atomic mass is 16.5. The highest BCUT2D eigenvalue weighted by Gasteiger charge is 2.07. The molecule has 1 rings (SSSR count). The minimum atomic E-state index is 0.491. The fourth-order valence-electron chi connectivity index (χ4n) is 1.17. The fraction of sp³-hybridized carbons (Fsp3) is 0.556. The molecule has 0 aliphatic heterocycles. The predicted molar refractivity (Wildman–Crippen MR) is 45.4 cm³/mol. The summed E-state index contributed by atoms with van der Waals surface area (Å²) in [6, 6.07) is 0. The van der Waals surface area contributed by atoms with Crippen molar-refractivity contribution in [2.45, 2.75) is 13.3 Å². The molecule has 1 N–H and O–H groups in total. The Morgan fingerprint density at radius 1 is 1.55 bits per heavy atom. The fourth-order valence-corrected chi connectivity index (χ4v) is 1.17. The van der Waals surface area contributed by atoms with Crippen LogP contribution in [-0.2, 0) is 0 Å². The Bertz CT molecular complexity index is 163. The minimum absolute atomic E-state index is 0.491. The molecule has 1 unspecified atom stereocenters. The molecule has 11 heavy (non-hydrogen) atoms. The number of hydrogen-bond donors (Lipinski definition) is 1. The molecule has 1 atom stereocenters. The summed E-state index contributed by atoms with van der Waals surface area (Å²) < 4.78 is 0. The Kier molecular flexibility index (Phi) is 3.33. The van der Waals surface area contributed by atoms with E-state index in [9.17, 15) is 5.21 Å². The summed E-state index contributed by atoms with van der Waals surface area (Å²) in [6.45, 7) is 3.40. The number of hydroxylamine groups is 2. The number of rotatable bonds is 3. The second-order valence-electron chi connectivity index (χ2n) is 2.81. The van der Waals surface area contributed by atoms with Crippen molar-refractivity contribution in [3.05, 3.63) is 24.3 Å². The van der Waals surface area contributed by atoms with Crippen molar-refractivity contribution < 1.29 is 5.21 Å². The van der Waals surface area contributed by atoms with Crippen molar-refractivity contribution in [2.75, 3.05) is 13.1 Å². The van der Waals surface area contributed by atoms with Crippen molar-refractivity contribution in [1.29, 1.82) is 0 Å². The van der Waals surface area contributed by atoms with Gasteiger partial charge in [0, 0.05) is 13.1 Å². The van der Waals surface area contributed by atoms with Gasteiger partial charge < -0.3 is 5.21 Å². The first-order valence-corrected chi connectivity index (χ1v) is 4.10. The van der Waals surface area contributed by atoms with Gasteiger partial charge in [-0.1, -0.05) is 31.2 Å². The van der Waals surface area contributed by atoms with Gasteiger partial charge in [0.25, 0.3) is 0 Å². The smallest absolute Gasteiger partial charge is 0.0304 e. The minimum Gasteiger partial charge on any atom is -0.314 e. The van der Waals surface area contributed by atoms with Gasteiger partial charge in [-0.05, 0) is 12.3 Å². The third-order valence-electron chi connectivity index (χ3n) is 1.88. The summed E-state index contributed by atoms with van der Waals surface area (Å²) in [6.07, 6.45) is 9.41. The lowest BCUT2D eigenvalue weighted by atomic mass is 10.0. The van der Waals surface area contributed by atoms with Crippen LogP contribution in [-0.4, -0.2) is 23.4 Å². The summed E-state index contributed by atoms with van der Waals surface area (Å²) in [4.78, 5) is 0. The number of nitrogens with zero attached hydrogens (tertiary/aromatic N) is 1. The van der Waals surface area contributed by atoms with Gasteiger partial charge in [-0.15, -0.1) is 0 Å². The quantitative estimate of drug-likeness (QED) is 0.625. The van der Waals surface area contributed by atoms with E-state index >= 15 is 0 Å². The summed E-state index contributed by atoms with van der Waals surface area (Å²) >= 11 is 0. The molecule has 2 nitrogen and oxygen atoms in total. The zero-order valence-corrected chi connectivity index (χ0v) is 6.90. The van der Waals surface area contributed by atoms with Crippen molar-refractivity contribution in [3.8, 4) is 0 Å². The van der Waals surface area contributed by atoms with Gasteiger partial charge in [-0.25, -0.2) is 0 Å². The number of hydrogen-bond acceptors (Lipinski definition) is 2. The van der Waals surface area contributed by atoms with E-state index < -0.39 is 0 Å². The van der Waals surface area contributed by atoms with Gasteiger partial charge in [0.15, 0.2) is 0 Å². The van der Waals surface area contributed by atoms with Crippen LogP contribution in [0.5, 0.6) is 0 Å². The van der Waals surface area contributed by atoms with Crippen LogP contribution in [0.15, 0.2) is 24.3 Å². The highest BCUT2D eigenvalue weighted by molar-refractivity contribution is 5.10. The topological polar surface area (TPSA) is 23.5 Å². The molecule has 0 aromatic rings. The van der Waals surface area contributed by atoms with E-state index in [1.54, 1.807) is 0 Å². The van der Waals surface area contributed by atoms with Gasteiger partial charge in [-0.2, -0.15) is 5.06 Å². The molecule has 0 fully saturated rings. The first kappa shape index (κ1) is 8.50. The van der Waals surface area contributed by atoms with Crippen LogP contribution in [0.25, 0.3) is 0 Å². The zero-order chi connectivity index (χ0) is 8.10. The van der Waals surface area contributed by atoms with Crippen LogP contribution in [0.3, 0.4) is 0 Å². The van der Waals surface area contributed by atoms with Gasteiger partial charge >= 0.3 is 0 Å². The summed E-state index contributed by atoms with van der Waals surface area (Å²) in [5, 5.41) is 10.5. The van der Waals surface area contributed by atoms with E-state index in [0.29, 0.717) is 12.5 Å². The average molecular weight is 153 g/mol. The molecule has 0 bridgehead atoms. The van der Waals surface area contributed by atoms with Gasteiger partial charge in [0.1, 0.15) is 0 Å². The molecule has 2 heteroatoms. The van der Waals surface area contributed by atoms with Crippen molar-refractivity contribution in [3.63, 3.8) is 0 Å². The van der Waals surface area contributed by atoms with Gasteiger partial charge in [-0.3, -0.25) is 0 Å². The van der Waals surface area contributed by atoms with E-state index in [1.807, 2.05) is 19.1 Å². The molecule has 0 saturated heterocycles. The predicted octanol–water partition coefficient (Wildman–Crippen LogP) is 1.83. The lowest BCUT2D eigenvalue weighted by molar-refractivity contribution is -0.0929. The second-order valence-corrected chi connectivity index (χ2v) is 2.81. The van der Waals surface area contributed by atoms with Crippen LogP contribution in [0.4, 0.5) is 0 Å². The second kappa shape index (κ2) is 4.31. The van der Waals surface area contributed by atoms with E-state index in [0.717, 1.165) is 13.0 Å². The molecule has 1 aliphatic carbocycles. The maximum atomic E-state index is 9.19. The largest absolute Gasteiger partial charge is 0.314 e. The standard InChI is InChI=1S/C9H15NO/c1-2-10(11)8-9-6-4-3-5-7-9/h3-6,9,11H,2,7-8H2,1H3. The highest BCUT2D eigenvalue weighted by Crippen LogP contribution is 2.11. The molecule has 0 amide bonds. The molecule has 62 valence electrons. The molecule has 0 saturated carbocycles. The summed E-state index contributed by atoms with van der Waals surface area (Å²) in [5.74, 6) is 0.491. The Labute approximate surface area is 67.8 Å². The molecule has 0 spiro atoms. The van der Waals surface area contributed by atoms with E-state index in [-0.39, 0.29) is 0 Å². The average Bonchev–Trinajstić information content (AvgIpc) is 2.06. The van der Waals surface area contributed by atoms with E-state index in [1.165, 1.54) is 5.06 Å². The van der Waals surface area contributed by atoms with Crippen molar-refractivity contribution in [1.82, 2.24) is 5.06 Å². The molecule has 0 radical (unpaired) electrons. The maximum Gasteiger partial charge on any atom is 0.0304 e. The molecule has 0 aromatic carbocycles. The molecule has 0 heterocycles. The number of allylic oxidation sites excluding steroid dienone is 3. The van der Waals surface area contributed by atoms with Crippen LogP contribution in [0.1, 0.15) is 13.3 Å². The lowest BCUT2D eigenvalue weighted by Crippen LogP contribution is -2.25. The molecule has 0 aromatic heterocycles. The Balaban J connectivity index is 2.27. The Morgan fingerprint density at radius 3 is 2.91 bits per heavy atom. The van der Waals surface area contributed by atoms with Gasteiger partial charge in [0.05, 0.1) is 0 Å². The third-order valence-corrected chi connectivity index (χ3v) is 1.88. The van der Waals surface area contributed by atoms with E-state index in [4.69, 9.17) is 0 Å². The molecule has 1 aliphatic rings. The zero-order valence-electron chi connectivity index (χ0n) is 6.90. The first-order chi connectivity index (χ1) is 5.33. The molecular weight excluding hydrogens is 138 g/mol.